The van der Waals surface area contributed by atoms with Crippen LogP contribution in [0.1, 0.15) is 34.5 Å². The van der Waals surface area contributed by atoms with Gasteiger partial charge in [-0.25, -0.2) is 12.7 Å². The standard InChI is InChI=1S/C22H21NO3S/c1-17-13-15-21(16-14-17)27(25,26)23(18(2)19-9-5-3-6-10-19)22(24)20-11-7-4-8-12-20/h3-16,18H,1-2H3/t18-/m0/s1. The molecule has 1 atom stereocenters. The summed E-state index contributed by atoms with van der Waals surface area (Å²) in [5.74, 6) is -0.549. The molecule has 0 radical (unpaired) electrons. The molecular weight excluding hydrogens is 358 g/mol. The van der Waals surface area contributed by atoms with E-state index >= 15 is 0 Å². The molecule has 0 saturated heterocycles. The smallest absolute Gasteiger partial charge is 0.268 e. The number of nitrogens with zero attached hydrogens (tertiary/aromatic N) is 1. The summed E-state index contributed by atoms with van der Waals surface area (Å²) < 4.78 is 27.7. The Bertz CT molecular complexity index is 1010. The van der Waals surface area contributed by atoms with Crippen molar-refractivity contribution in [3.8, 4) is 0 Å². The zero-order valence-electron chi connectivity index (χ0n) is 15.2. The molecule has 1 amide bonds. The summed E-state index contributed by atoms with van der Waals surface area (Å²) in [6.45, 7) is 3.61. The van der Waals surface area contributed by atoms with Gasteiger partial charge >= 0.3 is 0 Å². The summed E-state index contributed by atoms with van der Waals surface area (Å²) in [5, 5.41) is 0. The zero-order valence-corrected chi connectivity index (χ0v) is 16.1. The molecule has 0 spiro atoms. The van der Waals surface area contributed by atoms with Crippen molar-refractivity contribution in [3.05, 3.63) is 102 Å². The normalized spacial score (nSPS) is 12.4. The van der Waals surface area contributed by atoms with Gasteiger partial charge in [-0.05, 0) is 43.7 Å². The molecule has 0 aliphatic carbocycles. The summed E-state index contributed by atoms with van der Waals surface area (Å²) in [7, 11) is -4.03. The number of hydrogen-bond donors (Lipinski definition) is 0. The lowest BCUT2D eigenvalue weighted by molar-refractivity contribution is 0.0827. The van der Waals surface area contributed by atoms with E-state index in [0.717, 1.165) is 15.4 Å². The van der Waals surface area contributed by atoms with Gasteiger partial charge in [0.25, 0.3) is 15.9 Å². The SMILES string of the molecule is Cc1ccc(S(=O)(=O)N(C(=O)c2ccccc2)[C@@H](C)c2ccccc2)cc1. The maximum Gasteiger partial charge on any atom is 0.268 e. The first kappa shape index (κ1) is 18.9. The zero-order chi connectivity index (χ0) is 19.4. The Balaban J connectivity index is 2.12. The van der Waals surface area contributed by atoms with Crippen LogP contribution in [0.5, 0.6) is 0 Å². The van der Waals surface area contributed by atoms with Crippen LogP contribution in [-0.2, 0) is 10.0 Å². The first-order valence-corrected chi connectivity index (χ1v) is 10.1. The Morgan fingerprint density at radius 3 is 1.89 bits per heavy atom. The summed E-state index contributed by atoms with van der Waals surface area (Å²) in [6.07, 6.45) is 0. The summed E-state index contributed by atoms with van der Waals surface area (Å²) in [5.41, 5.74) is 2.03. The van der Waals surface area contributed by atoms with Crippen LogP contribution in [0, 0.1) is 6.92 Å². The molecule has 138 valence electrons. The van der Waals surface area contributed by atoms with Gasteiger partial charge in [0.05, 0.1) is 10.9 Å². The Hall–Kier alpha value is -2.92. The monoisotopic (exact) mass is 379 g/mol. The third kappa shape index (κ3) is 3.93. The highest BCUT2D eigenvalue weighted by Crippen LogP contribution is 2.29. The quantitative estimate of drug-likeness (QED) is 0.652. The molecule has 0 heterocycles. The Labute approximate surface area is 160 Å². The van der Waals surface area contributed by atoms with Gasteiger partial charge in [-0.2, -0.15) is 0 Å². The number of aryl methyl sites for hydroxylation is 1. The van der Waals surface area contributed by atoms with Crippen LogP contribution < -0.4 is 0 Å². The summed E-state index contributed by atoms with van der Waals surface area (Å²) >= 11 is 0. The maximum atomic E-state index is 13.4. The lowest BCUT2D eigenvalue weighted by Crippen LogP contribution is -2.39. The second-order valence-corrected chi connectivity index (χ2v) is 8.19. The van der Waals surface area contributed by atoms with E-state index in [9.17, 15) is 13.2 Å². The average Bonchev–Trinajstić information content (AvgIpc) is 2.69. The van der Waals surface area contributed by atoms with E-state index in [1.165, 1.54) is 12.1 Å². The number of carbonyl (C=O) groups excluding carboxylic acids is 1. The molecule has 5 heteroatoms. The first-order valence-electron chi connectivity index (χ1n) is 8.66. The second kappa shape index (κ2) is 7.76. The van der Waals surface area contributed by atoms with E-state index in [2.05, 4.69) is 0 Å². The van der Waals surface area contributed by atoms with Crippen LogP contribution in [0.25, 0.3) is 0 Å². The fourth-order valence-corrected chi connectivity index (χ4v) is 4.46. The van der Waals surface area contributed by atoms with E-state index in [0.29, 0.717) is 5.56 Å². The van der Waals surface area contributed by atoms with E-state index in [-0.39, 0.29) is 4.90 Å². The van der Waals surface area contributed by atoms with Crippen molar-refractivity contribution in [2.45, 2.75) is 24.8 Å². The highest BCUT2D eigenvalue weighted by molar-refractivity contribution is 7.89. The molecule has 0 aromatic heterocycles. The highest BCUT2D eigenvalue weighted by Gasteiger charge is 2.34. The minimum Gasteiger partial charge on any atom is -0.268 e. The lowest BCUT2D eigenvalue weighted by atomic mass is 10.1. The third-order valence-corrected chi connectivity index (χ3v) is 6.30. The Morgan fingerprint density at radius 1 is 0.815 bits per heavy atom. The van der Waals surface area contributed by atoms with Crippen molar-refractivity contribution < 1.29 is 13.2 Å². The molecule has 0 unspecified atom stereocenters. The lowest BCUT2D eigenvalue weighted by Gasteiger charge is -2.29. The molecule has 0 saturated carbocycles. The van der Waals surface area contributed by atoms with E-state index in [1.807, 2.05) is 37.3 Å². The molecule has 27 heavy (non-hydrogen) atoms. The number of hydrogen-bond acceptors (Lipinski definition) is 3. The second-order valence-electron chi connectivity index (χ2n) is 6.37. The highest BCUT2D eigenvalue weighted by atomic mass is 32.2. The molecule has 3 aromatic rings. The fraction of sp³-hybridized carbons (Fsp3) is 0.136. The van der Waals surface area contributed by atoms with E-state index in [4.69, 9.17) is 0 Å². The van der Waals surface area contributed by atoms with Crippen LogP contribution in [-0.4, -0.2) is 18.6 Å². The third-order valence-electron chi connectivity index (χ3n) is 4.43. The first-order chi connectivity index (χ1) is 12.9. The number of sulfonamides is 1. The summed E-state index contributed by atoms with van der Waals surface area (Å²) in [6, 6.07) is 23.5. The van der Waals surface area contributed by atoms with Crippen molar-refractivity contribution in [2.75, 3.05) is 0 Å². The van der Waals surface area contributed by atoms with Crippen LogP contribution in [0.2, 0.25) is 0 Å². The average molecular weight is 379 g/mol. The van der Waals surface area contributed by atoms with Gasteiger partial charge < -0.3 is 0 Å². The predicted octanol–water partition coefficient (Wildman–Crippen LogP) is 4.59. The number of rotatable bonds is 5. The largest absolute Gasteiger partial charge is 0.268 e. The van der Waals surface area contributed by atoms with Gasteiger partial charge in [-0.15, -0.1) is 0 Å². The summed E-state index contributed by atoms with van der Waals surface area (Å²) in [4.78, 5) is 13.3. The Morgan fingerprint density at radius 2 is 1.33 bits per heavy atom. The van der Waals surface area contributed by atoms with E-state index < -0.39 is 22.0 Å². The molecule has 0 N–H and O–H groups in total. The van der Waals surface area contributed by atoms with Gasteiger partial charge in [-0.3, -0.25) is 4.79 Å². The topological polar surface area (TPSA) is 54.5 Å². The van der Waals surface area contributed by atoms with E-state index in [1.54, 1.807) is 49.4 Å². The predicted molar refractivity (Wildman–Crippen MR) is 106 cm³/mol. The van der Waals surface area contributed by atoms with Crippen molar-refractivity contribution in [3.63, 3.8) is 0 Å². The number of carbonyl (C=O) groups is 1. The van der Waals surface area contributed by atoms with Gasteiger partial charge in [0.2, 0.25) is 0 Å². The van der Waals surface area contributed by atoms with Crippen molar-refractivity contribution in [1.82, 2.24) is 4.31 Å². The molecule has 0 fully saturated rings. The van der Waals surface area contributed by atoms with Crippen molar-refractivity contribution in [2.24, 2.45) is 0 Å². The van der Waals surface area contributed by atoms with Crippen LogP contribution in [0.15, 0.2) is 89.8 Å². The molecular formula is C22H21NO3S. The van der Waals surface area contributed by atoms with Gasteiger partial charge in [0, 0.05) is 5.56 Å². The van der Waals surface area contributed by atoms with Gasteiger partial charge in [0.1, 0.15) is 0 Å². The minimum atomic E-state index is -4.03. The Kier molecular flexibility index (Phi) is 5.42. The fourth-order valence-electron chi connectivity index (χ4n) is 2.89. The van der Waals surface area contributed by atoms with Crippen LogP contribution >= 0.6 is 0 Å². The number of amides is 1. The minimum absolute atomic E-state index is 0.0974. The van der Waals surface area contributed by atoms with Crippen LogP contribution in [0.4, 0.5) is 0 Å². The van der Waals surface area contributed by atoms with Crippen molar-refractivity contribution >= 4 is 15.9 Å². The molecule has 3 aromatic carbocycles. The molecule has 4 nitrogen and oxygen atoms in total. The molecule has 0 aliphatic rings. The molecule has 0 aliphatic heterocycles. The number of benzene rings is 3. The van der Waals surface area contributed by atoms with Crippen LogP contribution in [0.3, 0.4) is 0 Å². The van der Waals surface area contributed by atoms with Gasteiger partial charge in [0.15, 0.2) is 0 Å². The van der Waals surface area contributed by atoms with Gasteiger partial charge in [-0.1, -0.05) is 66.2 Å². The molecule has 0 bridgehead atoms. The van der Waals surface area contributed by atoms with Crippen molar-refractivity contribution in [1.29, 1.82) is 0 Å². The molecule has 3 rings (SSSR count). The maximum absolute atomic E-state index is 13.4.